The van der Waals surface area contributed by atoms with E-state index in [1.165, 1.54) is 13.0 Å². The van der Waals surface area contributed by atoms with E-state index >= 15 is 0 Å². The van der Waals surface area contributed by atoms with Crippen LogP contribution >= 0.6 is 28.6 Å². The van der Waals surface area contributed by atoms with Crippen molar-refractivity contribution in [2.75, 3.05) is 0 Å². The molecule has 0 radical (unpaired) electrons. The van der Waals surface area contributed by atoms with Crippen molar-refractivity contribution in [3.05, 3.63) is 28.2 Å². The van der Waals surface area contributed by atoms with Crippen LogP contribution < -0.4 is 5.32 Å². The molecule has 1 unspecified atom stereocenters. The summed E-state index contributed by atoms with van der Waals surface area (Å²) in [5.41, 5.74) is 0.246. The first-order valence-electron chi connectivity index (χ1n) is 5.05. The summed E-state index contributed by atoms with van der Waals surface area (Å²) in [6.45, 7) is 1.31. The summed E-state index contributed by atoms with van der Waals surface area (Å²) in [6.07, 6.45) is -5.35. The summed E-state index contributed by atoms with van der Waals surface area (Å²) in [7, 11) is 0. The molecular weight excluding hydrogens is 331 g/mol. The number of benzene rings is 1. The lowest BCUT2D eigenvalue weighted by atomic mass is 10.1. The lowest BCUT2D eigenvalue weighted by molar-refractivity contribution is -0.138. The first-order chi connectivity index (χ1) is 8.19. The summed E-state index contributed by atoms with van der Waals surface area (Å²) in [5.74, 6) is -0.566. The van der Waals surface area contributed by atoms with Gasteiger partial charge in [0, 0.05) is 15.4 Å². The maximum absolute atomic E-state index is 12.1. The van der Waals surface area contributed by atoms with Gasteiger partial charge in [0.1, 0.15) is 0 Å². The molecule has 0 spiro atoms. The largest absolute Gasteiger partial charge is 0.391 e. The maximum Gasteiger partial charge on any atom is 0.391 e. The van der Waals surface area contributed by atoms with Crippen molar-refractivity contribution in [2.45, 2.75) is 30.5 Å². The number of alkyl halides is 3. The Morgan fingerprint density at radius 1 is 1.50 bits per heavy atom. The van der Waals surface area contributed by atoms with E-state index in [-0.39, 0.29) is 5.56 Å². The zero-order chi connectivity index (χ0) is 13.9. The van der Waals surface area contributed by atoms with E-state index in [0.29, 0.717) is 4.90 Å². The number of carbonyl (C=O) groups excluding carboxylic acids is 1. The van der Waals surface area contributed by atoms with E-state index in [9.17, 15) is 18.0 Å². The van der Waals surface area contributed by atoms with Gasteiger partial charge >= 0.3 is 6.18 Å². The first-order valence-corrected chi connectivity index (χ1v) is 6.29. The molecule has 0 aromatic heterocycles. The Morgan fingerprint density at radius 3 is 2.61 bits per heavy atom. The minimum absolute atomic E-state index is 0.246. The van der Waals surface area contributed by atoms with Gasteiger partial charge in [-0.25, -0.2) is 0 Å². The van der Waals surface area contributed by atoms with Crippen LogP contribution in [0, 0.1) is 0 Å². The average molecular weight is 342 g/mol. The summed E-state index contributed by atoms with van der Waals surface area (Å²) in [5, 5.41) is 2.29. The zero-order valence-electron chi connectivity index (χ0n) is 9.38. The lowest BCUT2D eigenvalue weighted by Gasteiger charge is -2.16. The van der Waals surface area contributed by atoms with Crippen molar-refractivity contribution >= 4 is 34.5 Å². The van der Waals surface area contributed by atoms with Gasteiger partial charge in [-0.1, -0.05) is 15.9 Å². The van der Waals surface area contributed by atoms with Gasteiger partial charge in [-0.15, -0.1) is 12.6 Å². The Hall–Kier alpha value is -0.690. The normalized spacial score (nSPS) is 13.2. The van der Waals surface area contributed by atoms with Gasteiger partial charge in [0.25, 0.3) is 5.91 Å². The van der Waals surface area contributed by atoms with Crippen LogP contribution in [0.4, 0.5) is 13.2 Å². The molecule has 18 heavy (non-hydrogen) atoms. The third-order valence-corrected chi connectivity index (χ3v) is 2.98. The monoisotopic (exact) mass is 341 g/mol. The van der Waals surface area contributed by atoms with E-state index < -0.39 is 24.5 Å². The quantitative estimate of drug-likeness (QED) is 0.804. The number of amides is 1. The Kier molecular flexibility index (Phi) is 5.10. The van der Waals surface area contributed by atoms with E-state index in [4.69, 9.17) is 0 Å². The minimum Gasteiger partial charge on any atom is -0.349 e. The van der Waals surface area contributed by atoms with Crippen molar-refractivity contribution in [3.63, 3.8) is 0 Å². The molecule has 0 heterocycles. The number of nitrogens with one attached hydrogen (secondary N) is 1. The van der Waals surface area contributed by atoms with Gasteiger partial charge in [0.05, 0.1) is 12.0 Å². The molecule has 0 fully saturated rings. The highest BCUT2D eigenvalue weighted by Crippen LogP contribution is 2.23. The van der Waals surface area contributed by atoms with Crippen molar-refractivity contribution in [3.8, 4) is 0 Å². The van der Waals surface area contributed by atoms with E-state index in [2.05, 4.69) is 33.9 Å². The molecule has 1 atom stereocenters. The van der Waals surface area contributed by atoms with Crippen LogP contribution in [0.5, 0.6) is 0 Å². The number of halogens is 4. The standard InChI is InChI=1S/C11H11BrF3NOS/c1-6(5-11(13,14)15)16-10(17)8-3-2-7(12)4-9(8)18/h2-4,6,18H,5H2,1H3,(H,16,17). The van der Waals surface area contributed by atoms with Gasteiger partial charge in [-0.3, -0.25) is 4.79 Å². The highest BCUT2D eigenvalue weighted by Gasteiger charge is 2.30. The van der Waals surface area contributed by atoms with E-state index in [1.54, 1.807) is 12.1 Å². The van der Waals surface area contributed by atoms with E-state index in [1.807, 2.05) is 0 Å². The van der Waals surface area contributed by atoms with Gasteiger partial charge in [-0.05, 0) is 25.1 Å². The molecule has 1 aromatic carbocycles. The van der Waals surface area contributed by atoms with Crippen LogP contribution in [0.3, 0.4) is 0 Å². The van der Waals surface area contributed by atoms with Crippen LogP contribution in [0.15, 0.2) is 27.6 Å². The zero-order valence-corrected chi connectivity index (χ0v) is 11.9. The van der Waals surface area contributed by atoms with E-state index in [0.717, 1.165) is 4.47 Å². The first kappa shape index (κ1) is 15.4. The van der Waals surface area contributed by atoms with Gasteiger partial charge in [0.2, 0.25) is 0 Å². The lowest BCUT2D eigenvalue weighted by Crippen LogP contribution is -2.36. The fourth-order valence-corrected chi connectivity index (χ4v) is 2.25. The molecule has 100 valence electrons. The van der Waals surface area contributed by atoms with Crippen molar-refractivity contribution in [1.29, 1.82) is 0 Å². The molecular formula is C11H11BrF3NOS. The molecule has 2 nitrogen and oxygen atoms in total. The number of thiol groups is 1. The molecule has 1 amide bonds. The second kappa shape index (κ2) is 5.97. The second-order valence-corrected chi connectivity index (χ2v) is 5.25. The molecule has 0 aliphatic rings. The van der Waals surface area contributed by atoms with Gasteiger partial charge in [0.15, 0.2) is 0 Å². The number of rotatable bonds is 3. The Labute approximate surface area is 116 Å². The van der Waals surface area contributed by atoms with Gasteiger partial charge in [-0.2, -0.15) is 13.2 Å². The number of hydrogen-bond acceptors (Lipinski definition) is 2. The SMILES string of the molecule is CC(CC(F)(F)F)NC(=O)c1ccc(Br)cc1S. The number of hydrogen-bond donors (Lipinski definition) is 2. The maximum atomic E-state index is 12.1. The third-order valence-electron chi connectivity index (χ3n) is 2.12. The van der Waals surface area contributed by atoms with Crippen LogP contribution in [-0.2, 0) is 0 Å². The van der Waals surface area contributed by atoms with Crippen molar-refractivity contribution in [2.24, 2.45) is 0 Å². The molecule has 0 saturated carbocycles. The molecule has 0 saturated heterocycles. The second-order valence-electron chi connectivity index (χ2n) is 3.86. The Balaban J connectivity index is 2.71. The summed E-state index contributed by atoms with van der Waals surface area (Å²) in [6, 6.07) is 3.76. The van der Waals surface area contributed by atoms with Gasteiger partial charge < -0.3 is 5.32 Å². The third kappa shape index (κ3) is 4.89. The molecule has 0 bridgehead atoms. The Morgan fingerprint density at radius 2 is 2.11 bits per heavy atom. The Bertz CT molecular complexity index is 450. The van der Waals surface area contributed by atoms with Crippen molar-refractivity contribution in [1.82, 2.24) is 5.32 Å². The number of carbonyl (C=O) groups is 1. The predicted octanol–water partition coefficient (Wildman–Crippen LogP) is 3.81. The predicted molar refractivity (Wildman–Crippen MR) is 69.0 cm³/mol. The molecule has 1 N–H and O–H groups in total. The fraction of sp³-hybridized carbons (Fsp3) is 0.364. The summed E-state index contributed by atoms with van der Waals surface area (Å²) in [4.78, 5) is 12.1. The molecule has 7 heteroatoms. The smallest absolute Gasteiger partial charge is 0.349 e. The van der Waals surface area contributed by atoms with Crippen LogP contribution in [0.1, 0.15) is 23.7 Å². The highest BCUT2D eigenvalue weighted by molar-refractivity contribution is 9.10. The summed E-state index contributed by atoms with van der Waals surface area (Å²) >= 11 is 7.31. The average Bonchev–Trinajstić information content (AvgIpc) is 2.13. The minimum atomic E-state index is -4.30. The molecule has 0 aliphatic carbocycles. The molecule has 0 aliphatic heterocycles. The van der Waals surface area contributed by atoms with Crippen molar-refractivity contribution < 1.29 is 18.0 Å². The van der Waals surface area contributed by atoms with Crippen LogP contribution in [0.2, 0.25) is 0 Å². The fourth-order valence-electron chi connectivity index (χ4n) is 1.40. The molecule has 1 rings (SSSR count). The summed E-state index contributed by atoms with van der Waals surface area (Å²) < 4.78 is 37.1. The van der Waals surface area contributed by atoms with Crippen LogP contribution in [0.25, 0.3) is 0 Å². The highest BCUT2D eigenvalue weighted by atomic mass is 79.9. The molecule has 1 aromatic rings. The van der Waals surface area contributed by atoms with Crippen LogP contribution in [-0.4, -0.2) is 18.1 Å². The topological polar surface area (TPSA) is 29.1 Å².